The quantitative estimate of drug-likeness (QED) is 0.776. The fourth-order valence-corrected chi connectivity index (χ4v) is 6.02. The maximum Gasteiger partial charge on any atom is 0.265 e. The van der Waals surface area contributed by atoms with E-state index in [1.807, 2.05) is 13.8 Å². The molecular weight excluding hydrogens is 368 g/mol. The van der Waals surface area contributed by atoms with Crippen LogP contribution in [0.25, 0.3) is 0 Å². The van der Waals surface area contributed by atoms with E-state index in [1.54, 1.807) is 0 Å². The van der Waals surface area contributed by atoms with E-state index in [-0.39, 0.29) is 11.3 Å². The molecule has 28 heavy (non-hydrogen) atoms. The topological polar surface area (TPSA) is 39.7 Å². The van der Waals surface area contributed by atoms with Crippen LogP contribution in [0, 0.1) is 25.2 Å². The first kappa shape index (κ1) is 19.6. The van der Waals surface area contributed by atoms with Gasteiger partial charge in [-0.05, 0) is 39.4 Å². The van der Waals surface area contributed by atoms with Gasteiger partial charge in [0.2, 0.25) is 0 Å². The van der Waals surface area contributed by atoms with E-state index in [2.05, 4.69) is 64.1 Å². The van der Waals surface area contributed by atoms with Gasteiger partial charge in [-0.2, -0.15) is 0 Å². The average Bonchev–Trinajstić information content (AvgIpc) is 3.24. The van der Waals surface area contributed by atoms with Crippen molar-refractivity contribution < 1.29 is 4.79 Å². The van der Waals surface area contributed by atoms with Crippen LogP contribution in [-0.4, -0.2) is 72.4 Å². The molecule has 0 aliphatic carbocycles. The van der Waals surface area contributed by atoms with Crippen molar-refractivity contribution in [2.75, 3.05) is 46.8 Å². The highest BCUT2D eigenvalue weighted by molar-refractivity contribution is 7.13. The molecule has 0 unspecified atom stereocenters. The average molecular weight is 399 g/mol. The Balaban J connectivity index is 1.51. The van der Waals surface area contributed by atoms with Gasteiger partial charge in [0.15, 0.2) is 0 Å². The van der Waals surface area contributed by atoms with E-state index in [0.29, 0.717) is 5.92 Å². The van der Waals surface area contributed by atoms with Crippen molar-refractivity contribution in [2.45, 2.75) is 20.4 Å². The molecule has 0 N–H and O–H groups in total. The summed E-state index contributed by atoms with van der Waals surface area (Å²) in [4.78, 5) is 25.4. The first-order chi connectivity index (χ1) is 13.4. The second kappa shape index (κ2) is 7.58. The van der Waals surface area contributed by atoms with Gasteiger partial charge < -0.3 is 9.80 Å². The van der Waals surface area contributed by atoms with Crippen molar-refractivity contribution >= 4 is 17.2 Å². The highest BCUT2D eigenvalue weighted by atomic mass is 32.1. The van der Waals surface area contributed by atoms with Gasteiger partial charge in [0.05, 0.1) is 10.7 Å². The van der Waals surface area contributed by atoms with Crippen LogP contribution in [0.15, 0.2) is 30.3 Å². The third kappa shape index (κ3) is 3.73. The Hall–Kier alpha value is -1.76. The molecule has 0 saturated carbocycles. The molecule has 2 atom stereocenters. The van der Waals surface area contributed by atoms with E-state index in [1.165, 1.54) is 16.9 Å². The molecule has 150 valence electrons. The number of benzene rings is 1. The van der Waals surface area contributed by atoms with Crippen molar-refractivity contribution in [1.82, 2.24) is 19.7 Å². The Morgan fingerprint density at radius 3 is 2.61 bits per heavy atom. The predicted molar refractivity (Wildman–Crippen MR) is 114 cm³/mol. The SMILES string of the molecule is Cc1nc(C)c(C(=O)N2C[C@H]3CN(Cc4ccccc4)C[C@@]3(CN(C)C)C2)s1. The minimum absolute atomic E-state index is 0.154. The molecule has 5 nitrogen and oxygen atoms in total. The number of likely N-dealkylation sites (tertiary alicyclic amines) is 2. The van der Waals surface area contributed by atoms with Gasteiger partial charge in [0, 0.05) is 44.7 Å². The van der Waals surface area contributed by atoms with Crippen molar-refractivity contribution in [3.05, 3.63) is 51.5 Å². The highest BCUT2D eigenvalue weighted by Gasteiger charge is 2.53. The van der Waals surface area contributed by atoms with Gasteiger partial charge in [-0.15, -0.1) is 11.3 Å². The second-order valence-electron chi connectivity index (χ2n) is 8.79. The molecule has 0 bridgehead atoms. The largest absolute Gasteiger partial charge is 0.337 e. The Labute approximate surface area is 172 Å². The summed E-state index contributed by atoms with van der Waals surface area (Å²) in [6.45, 7) is 9.75. The summed E-state index contributed by atoms with van der Waals surface area (Å²) in [6.07, 6.45) is 0. The molecule has 2 aromatic rings. The molecule has 1 aromatic carbocycles. The monoisotopic (exact) mass is 398 g/mol. The lowest BCUT2D eigenvalue weighted by Gasteiger charge is -2.32. The van der Waals surface area contributed by atoms with Crippen LogP contribution in [-0.2, 0) is 6.54 Å². The molecule has 4 rings (SSSR count). The van der Waals surface area contributed by atoms with Crippen LogP contribution < -0.4 is 0 Å². The van der Waals surface area contributed by atoms with Crippen LogP contribution in [0.5, 0.6) is 0 Å². The summed E-state index contributed by atoms with van der Waals surface area (Å²) in [7, 11) is 4.29. The molecule has 2 saturated heterocycles. The van der Waals surface area contributed by atoms with E-state index in [0.717, 1.165) is 54.8 Å². The number of thiazole rings is 1. The van der Waals surface area contributed by atoms with Crippen LogP contribution in [0.3, 0.4) is 0 Å². The van der Waals surface area contributed by atoms with Gasteiger partial charge in [0.25, 0.3) is 5.91 Å². The fourth-order valence-electron chi connectivity index (χ4n) is 5.13. The predicted octanol–water partition coefficient (Wildman–Crippen LogP) is 2.90. The van der Waals surface area contributed by atoms with Crippen LogP contribution in [0.2, 0.25) is 0 Å². The summed E-state index contributed by atoms with van der Waals surface area (Å²) in [6, 6.07) is 10.7. The molecule has 0 radical (unpaired) electrons. The number of hydrogen-bond acceptors (Lipinski definition) is 5. The molecule has 3 heterocycles. The lowest BCUT2D eigenvalue weighted by molar-refractivity contribution is 0.0752. The summed E-state index contributed by atoms with van der Waals surface area (Å²) in [5, 5.41) is 0.970. The van der Waals surface area contributed by atoms with Gasteiger partial charge in [-0.1, -0.05) is 30.3 Å². The number of rotatable bonds is 5. The summed E-state index contributed by atoms with van der Waals surface area (Å²) < 4.78 is 0. The molecule has 2 fully saturated rings. The van der Waals surface area contributed by atoms with Gasteiger partial charge in [-0.3, -0.25) is 9.69 Å². The number of aromatic nitrogens is 1. The first-order valence-corrected chi connectivity index (χ1v) is 10.8. The molecule has 2 aliphatic heterocycles. The van der Waals surface area contributed by atoms with Crippen LogP contribution in [0.1, 0.15) is 25.9 Å². The minimum atomic E-state index is 0.154. The first-order valence-electron chi connectivity index (χ1n) is 10.0. The number of carbonyl (C=O) groups is 1. The van der Waals surface area contributed by atoms with Crippen LogP contribution in [0.4, 0.5) is 0 Å². The third-order valence-electron chi connectivity index (χ3n) is 6.09. The smallest absolute Gasteiger partial charge is 0.265 e. The normalized spacial score (nSPS) is 24.9. The summed E-state index contributed by atoms with van der Waals surface area (Å²) >= 11 is 1.53. The van der Waals surface area contributed by atoms with Crippen molar-refractivity contribution in [2.24, 2.45) is 11.3 Å². The lowest BCUT2D eigenvalue weighted by Crippen LogP contribution is -2.42. The molecule has 0 spiro atoms. The molecule has 1 amide bonds. The number of hydrogen-bond donors (Lipinski definition) is 0. The van der Waals surface area contributed by atoms with Crippen molar-refractivity contribution in [1.29, 1.82) is 0 Å². The number of aryl methyl sites for hydroxylation is 2. The Kier molecular flexibility index (Phi) is 5.29. The zero-order valence-corrected chi connectivity index (χ0v) is 18.1. The molecule has 2 aliphatic rings. The van der Waals surface area contributed by atoms with Gasteiger partial charge >= 0.3 is 0 Å². The second-order valence-corrected chi connectivity index (χ2v) is 9.99. The van der Waals surface area contributed by atoms with E-state index in [4.69, 9.17) is 0 Å². The Morgan fingerprint density at radius 2 is 1.96 bits per heavy atom. The maximum absolute atomic E-state index is 13.2. The molecule has 6 heteroatoms. The van der Waals surface area contributed by atoms with E-state index >= 15 is 0 Å². The summed E-state index contributed by atoms with van der Waals surface area (Å²) in [5.74, 6) is 0.696. The zero-order valence-electron chi connectivity index (χ0n) is 17.3. The fraction of sp³-hybridized carbons (Fsp3) is 0.545. The van der Waals surface area contributed by atoms with Crippen molar-refractivity contribution in [3.63, 3.8) is 0 Å². The van der Waals surface area contributed by atoms with Crippen LogP contribution >= 0.6 is 11.3 Å². The number of nitrogens with zero attached hydrogens (tertiary/aromatic N) is 4. The number of fused-ring (bicyclic) bond motifs is 1. The minimum Gasteiger partial charge on any atom is -0.337 e. The van der Waals surface area contributed by atoms with E-state index < -0.39 is 0 Å². The number of amides is 1. The standard InChI is InChI=1S/C22H30N4OS/c1-16-20(28-17(2)23-16)21(27)26-12-19-11-25(10-18-8-6-5-7-9-18)14-22(19,15-26)13-24(3)4/h5-9,19H,10-15H2,1-4H3/t19-,22+/m1/s1. The summed E-state index contributed by atoms with van der Waals surface area (Å²) in [5.41, 5.74) is 2.39. The Bertz CT molecular complexity index is 849. The van der Waals surface area contributed by atoms with Gasteiger partial charge in [-0.25, -0.2) is 4.98 Å². The highest BCUT2D eigenvalue weighted by Crippen LogP contribution is 2.44. The molecule has 1 aromatic heterocycles. The van der Waals surface area contributed by atoms with E-state index in [9.17, 15) is 4.79 Å². The maximum atomic E-state index is 13.2. The zero-order chi connectivity index (χ0) is 19.9. The lowest BCUT2D eigenvalue weighted by atomic mass is 9.80. The van der Waals surface area contributed by atoms with Gasteiger partial charge in [0.1, 0.15) is 4.88 Å². The van der Waals surface area contributed by atoms with Crippen molar-refractivity contribution in [3.8, 4) is 0 Å². The third-order valence-corrected chi connectivity index (χ3v) is 7.16. The molecular formula is C22H30N4OS. The Morgan fingerprint density at radius 1 is 1.21 bits per heavy atom. The number of carbonyl (C=O) groups excluding carboxylic acids is 1.